The number of fused-ring (bicyclic) bond motifs is 3. The van der Waals surface area contributed by atoms with Crippen LogP contribution in [0.25, 0.3) is 16.5 Å². The molecular formula is C25H18O. The largest absolute Gasteiger partial charge is 0.457 e. The lowest BCUT2D eigenvalue weighted by Gasteiger charge is -2.27. The molecule has 0 saturated carbocycles. The van der Waals surface area contributed by atoms with Gasteiger partial charge in [0.25, 0.3) is 0 Å². The van der Waals surface area contributed by atoms with E-state index in [1.54, 1.807) is 0 Å². The predicted molar refractivity (Wildman–Crippen MR) is 107 cm³/mol. The number of benzene rings is 4. The number of hydrogen-bond acceptors (Lipinski definition) is 1. The molecule has 1 atom stereocenters. The van der Waals surface area contributed by atoms with E-state index in [2.05, 4.69) is 84.9 Å². The molecule has 0 amide bonds. The molecule has 1 heterocycles. The molecule has 0 aromatic heterocycles. The normalized spacial score (nSPS) is 15.8. The Labute approximate surface area is 153 Å². The molecule has 0 N–H and O–H groups in total. The summed E-state index contributed by atoms with van der Waals surface area (Å²) in [6.45, 7) is 0. The fraction of sp³-hybridized carbons (Fsp3) is 0.0400. The maximum absolute atomic E-state index is 6.34. The van der Waals surface area contributed by atoms with E-state index >= 15 is 0 Å². The molecule has 0 saturated heterocycles. The summed E-state index contributed by atoms with van der Waals surface area (Å²) in [6.07, 6.45) is 2.25. The van der Waals surface area contributed by atoms with Crippen LogP contribution in [0.5, 0.6) is 5.75 Å². The summed E-state index contributed by atoms with van der Waals surface area (Å²) in [5.74, 6) is 2.03. The van der Waals surface area contributed by atoms with Crippen molar-refractivity contribution in [1.29, 1.82) is 0 Å². The van der Waals surface area contributed by atoms with Gasteiger partial charge in [-0.25, -0.2) is 0 Å². The van der Waals surface area contributed by atoms with Crippen molar-refractivity contribution in [2.45, 2.75) is 5.92 Å². The van der Waals surface area contributed by atoms with Gasteiger partial charge in [-0.1, -0.05) is 91.0 Å². The zero-order valence-electron chi connectivity index (χ0n) is 14.3. The third-order valence-corrected chi connectivity index (χ3v) is 5.00. The molecule has 0 fully saturated rings. The predicted octanol–water partition coefficient (Wildman–Crippen LogP) is 6.41. The van der Waals surface area contributed by atoms with E-state index in [0.717, 1.165) is 17.1 Å². The van der Waals surface area contributed by atoms with Crippen LogP contribution in [-0.4, -0.2) is 0 Å². The second kappa shape index (κ2) is 6.20. The summed E-state index contributed by atoms with van der Waals surface area (Å²) >= 11 is 0. The Morgan fingerprint density at radius 1 is 0.615 bits per heavy atom. The first kappa shape index (κ1) is 15.0. The summed E-state index contributed by atoms with van der Waals surface area (Å²) in [5.41, 5.74) is 3.63. The molecule has 4 aromatic rings. The van der Waals surface area contributed by atoms with Gasteiger partial charge in [0.15, 0.2) is 0 Å². The van der Waals surface area contributed by atoms with Gasteiger partial charge in [-0.15, -0.1) is 0 Å². The highest BCUT2D eigenvalue weighted by atomic mass is 16.5. The second-order valence-electron chi connectivity index (χ2n) is 6.59. The minimum atomic E-state index is 0.168. The van der Waals surface area contributed by atoms with Gasteiger partial charge in [0, 0.05) is 17.0 Å². The zero-order chi connectivity index (χ0) is 17.3. The minimum absolute atomic E-state index is 0.168. The van der Waals surface area contributed by atoms with Crippen LogP contribution in [-0.2, 0) is 0 Å². The van der Waals surface area contributed by atoms with E-state index in [0.29, 0.717) is 0 Å². The Hall–Kier alpha value is -3.32. The number of hydrogen-bond donors (Lipinski definition) is 0. The highest BCUT2D eigenvalue weighted by Gasteiger charge is 2.26. The summed E-state index contributed by atoms with van der Waals surface area (Å²) < 4.78 is 6.34. The number of allylic oxidation sites excluding steroid dienone is 1. The van der Waals surface area contributed by atoms with Crippen molar-refractivity contribution in [2.24, 2.45) is 0 Å². The Morgan fingerprint density at radius 2 is 1.31 bits per heavy atom. The van der Waals surface area contributed by atoms with Crippen molar-refractivity contribution < 1.29 is 4.74 Å². The molecule has 0 radical (unpaired) electrons. The quantitative estimate of drug-likeness (QED) is 0.412. The van der Waals surface area contributed by atoms with E-state index in [-0.39, 0.29) is 5.92 Å². The molecule has 0 aliphatic carbocycles. The summed E-state index contributed by atoms with van der Waals surface area (Å²) in [4.78, 5) is 0. The van der Waals surface area contributed by atoms with Gasteiger partial charge in [-0.3, -0.25) is 0 Å². The topological polar surface area (TPSA) is 9.23 Å². The third kappa shape index (κ3) is 2.49. The fourth-order valence-corrected chi connectivity index (χ4v) is 3.75. The fourth-order valence-electron chi connectivity index (χ4n) is 3.75. The lowest BCUT2D eigenvalue weighted by Crippen LogP contribution is -2.11. The summed E-state index contributed by atoms with van der Waals surface area (Å²) in [5, 5.41) is 2.49. The maximum atomic E-state index is 6.34. The van der Waals surface area contributed by atoms with Gasteiger partial charge in [-0.2, -0.15) is 0 Å². The lowest BCUT2D eigenvalue weighted by molar-refractivity contribution is 0.494. The molecule has 5 rings (SSSR count). The van der Waals surface area contributed by atoms with Crippen LogP contribution in [0.1, 0.15) is 22.6 Å². The molecule has 4 aromatic carbocycles. The van der Waals surface area contributed by atoms with Gasteiger partial charge >= 0.3 is 0 Å². The monoisotopic (exact) mass is 334 g/mol. The van der Waals surface area contributed by atoms with Crippen molar-refractivity contribution in [2.75, 3.05) is 0 Å². The van der Waals surface area contributed by atoms with Crippen LogP contribution in [0.15, 0.2) is 103 Å². The highest BCUT2D eigenvalue weighted by molar-refractivity contribution is 5.90. The Morgan fingerprint density at radius 3 is 2.12 bits per heavy atom. The van der Waals surface area contributed by atoms with Gasteiger partial charge in [0.05, 0.1) is 0 Å². The average molecular weight is 334 g/mol. The van der Waals surface area contributed by atoms with Crippen LogP contribution in [0.2, 0.25) is 0 Å². The first-order valence-corrected chi connectivity index (χ1v) is 8.92. The Bertz CT molecular complexity index is 1090. The molecule has 1 heteroatoms. The molecule has 124 valence electrons. The van der Waals surface area contributed by atoms with E-state index in [4.69, 9.17) is 4.74 Å². The van der Waals surface area contributed by atoms with Crippen LogP contribution in [0.4, 0.5) is 0 Å². The highest BCUT2D eigenvalue weighted by Crippen LogP contribution is 2.44. The van der Waals surface area contributed by atoms with E-state index in [1.807, 2.05) is 18.2 Å². The molecule has 1 aliphatic rings. The van der Waals surface area contributed by atoms with E-state index in [9.17, 15) is 0 Å². The molecule has 1 unspecified atom stereocenters. The van der Waals surface area contributed by atoms with Crippen LogP contribution in [0, 0.1) is 0 Å². The SMILES string of the molecule is C1=C(c2ccccc2)Oc2ccc3ccccc3c2C1c1ccccc1. The van der Waals surface area contributed by atoms with Gasteiger partial charge in [0.1, 0.15) is 11.5 Å². The van der Waals surface area contributed by atoms with Crippen molar-refractivity contribution >= 4 is 16.5 Å². The van der Waals surface area contributed by atoms with Gasteiger partial charge in [-0.05, 0) is 28.5 Å². The van der Waals surface area contributed by atoms with Gasteiger partial charge in [0.2, 0.25) is 0 Å². The second-order valence-corrected chi connectivity index (χ2v) is 6.59. The van der Waals surface area contributed by atoms with E-state index in [1.165, 1.54) is 21.9 Å². The Balaban J connectivity index is 1.76. The van der Waals surface area contributed by atoms with Crippen molar-refractivity contribution in [3.8, 4) is 5.75 Å². The van der Waals surface area contributed by atoms with Crippen LogP contribution in [0.3, 0.4) is 0 Å². The maximum Gasteiger partial charge on any atom is 0.132 e. The molecular weight excluding hydrogens is 316 g/mol. The summed E-state index contributed by atoms with van der Waals surface area (Å²) in [6, 6.07) is 33.8. The third-order valence-electron chi connectivity index (χ3n) is 5.00. The molecule has 1 aliphatic heterocycles. The number of rotatable bonds is 2. The lowest BCUT2D eigenvalue weighted by atomic mass is 9.85. The van der Waals surface area contributed by atoms with Crippen molar-refractivity contribution in [3.63, 3.8) is 0 Å². The smallest absolute Gasteiger partial charge is 0.132 e. The van der Waals surface area contributed by atoms with E-state index < -0.39 is 0 Å². The summed E-state index contributed by atoms with van der Waals surface area (Å²) in [7, 11) is 0. The molecule has 1 nitrogen and oxygen atoms in total. The Kier molecular flexibility index (Phi) is 3.57. The standard InChI is InChI=1S/C25H18O/c1-3-9-18(10-4-1)22-17-24(20-12-5-2-6-13-20)26-23-16-15-19-11-7-8-14-21(19)25(22)23/h1-17,22H. The van der Waals surface area contributed by atoms with Crippen LogP contribution >= 0.6 is 0 Å². The minimum Gasteiger partial charge on any atom is -0.457 e. The number of ether oxygens (including phenoxy) is 1. The van der Waals surface area contributed by atoms with Crippen molar-refractivity contribution in [3.05, 3.63) is 120 Å². The van der Waals surface area contributed by atoms with Crippen LogP contribution < -0.4 is 4.74 Å². The average Bonchev–Trinajstić information content (AvgIpc) is 2.74. The first-order valence-electron chi connectivity index (χ1n) is 8.92. The molecule has 0 spiro atoms. The van der Waals surface area contributed by atoms with Gasteiger partial charge < -0.3 is 4.74 Å². The molecule has 0 bridgehead atoms. The van der Waals surface area contributed by atoms with Crippen molar-refractivity contribution in [1.82, 2.24) is 0 Å². The zero-order valence-corrected chi connectivity index (χ0v) is 14.3. The molecule has 26 heavy (non-hydrogen) atoms. The first-order chi connectivity index (χ1) is 12.9.